The van der Waals surface area contributed by atoms with Crippen LogP contribution < -0.4 is 15.0 Å². The zero-order valence-corrected chi connectivity index (χ0v) is 23.3. The third-order valence-corrected chi connectivity index (χ3v) is 8.64. The van der Waals surface area contributed by atoms with Gasteiger partial charge in [-0.05, 0) is 75.0 Å². The van der Waals surface area contributed by atoms with Crippen molar-refractivity contribution >= 4 is 27.6 Å². The van der Waals surface area contributed by atoms with Crippen LogP contribution in [0.25, 0.3) is 32.9 Å². The second-order valence-corrected chi connectivity index (χ2v) is 12.1. The van der Waals surface area contributed by atoms with Crippen LogP contribution in [-0.4, -0.2) is 77.4 Å². The van der Waals surface area contributed by atoms with Gasteiger partial charge in [-0.25, -0.2) is 4.39 Å². The topological polar surface area (TPSA) is 86.6 Å². The zero-order valence-electron chi connectivity index (χ0n) is 23.3. The summed E-state index contributed by atoms with van der Waals surface area (Å²) in [4.78, 5) is 19.1. The van der Waals surface area contributed by atoms with Gasteiger partial charge in [0.15, 0.2) is 5.82 Å². The fourth-order valence-corrected chi connectivity index (χ4v) is 6.59. The molecule has 2 aromatic heterocycles. The minimum Gasteiger partial charge on any atom is -0.508 e. The predicted molar refractivity (Wildman–Crippen MR) is 158 cm³/mol. The Labute approximate surface area is 238 Å². The molecular formula is C32H33FN6O2. The maximum absolute atomic E-state index is 14.7. The van der Waals surface area contributed by atoms with E-state index in [9.17, 15) is 9.50 Å². The highest BCUT2D eigenvalue weighted by Gasteiger charge is 2.44. The van der Waals surface area contributed by atoms with Crippen molar-refractivity contribution in [3.8, 4) is 35.2 Å². The molecule has 2 aliphatic heterocycles. The predicted octanol–water partition coefficient (Wildman–Crippen LogP) is 4.33. The lowest BCUT2D eigenvalue weighted by atomic mass is 9.94. The third kappa shape index (κ3) is 4.81. The second-order valence-electron chi connectivity index (χ2n) is 12.1. The van der Waals surface area contributed by atoms with E-state index in [0.717, 1.165) is 51.1 Å². The highest BCUT2D eigenvalue weighted by atomic mass is 19.1. The van der Waals surface area contributed by atoms with Gasteiger partial charge in [0.05, 0.1) is 17.7 Å². The van der Waals surface area contributed by atoms with Gasteiger partial charge in [0.2, 0.25) is 0 Å². The molecule has 0 radical (unpaired) electrons. The van der Waals surface area contributed by atoms with Crippen LogP contribution in [0.3, 0.4) is 0 Å². The van der Waals surface area contributed by atoms with E-state index in [-0.39, 0.29) is 16.7 Å². The van der Waals surface area contributed by atoms with Crippen molar-refractivity contribution in [2.24, 2.45) is 5.41 Å². The number of rotatable bonds is 7. The van der Waals surface area contributed by atoms with E-state index < -0.39 is 5.82 Å². The second kappa shape index (κ2) is 9.82. The lowest BCUT2D eigenvalue weighted by Crippen LogP contribution is -2.51. The number of piperazine rings is 1. The van der Waals surface area contributed by atoms with Crippen molar-refractivity contribution in [1.29, 1.82) is 0 Å². The Bertz CT molecular complexity index is 1700. The van der Waals surface area contributed by atoms with E-state index in [4.69, 9.17) is 26.1 Å². The Kier molecular flexibility index (Phi) is 6.21. The van der Waals surface area contributed by atoms with Gasteiger partial charge in [-0.3, -0.25) is 4.98 Å². The Balaban J connectivity index is 1.34. The minimum atomic E-state index is -0.485. The van der Waals surface area contributed by atoms with Crippen LogP contribution in [0.4, 0.5) is 10.2 Å². The van der Waals surface area contributed by atoms with Crippen LogP contribution in [0.5, 0.6) is 11.8 Å². The van der Waals surface area contributed by atoms with Gasteiger partial charge in [-0.2, -0.15) is 9.97 Å². The molecule has 0 spiro atoms. The number of terminal acetylenes is 1. The first kappa shape index (κ1) is 25.9. The lowest BCUT2D eigenvalue weighted by Gasteiger charge is -2.34. The fourth-order valence-electron chi connectivity index (χ4n) is 6.59. The maximum Gasteiger partial charge on any atom is 0.319 e. The summed E-state index contributed by atoms with van der Waals surface area (Å²) in [7, 11) is 4.16. The number of hydrogen-bond donors (Lipinski definition) is 2. The number of anilines is 1. The molecule has 8 nitrogen and oxygen atoms in total. The third-order valence-electron chi connectivity index (χ3n) is 8.64. The SMILES string of the molecule is C#Cc1c(F)ccc2cc(O)cc(-c3cnc4c(N5CC6CCC(C5)N6)nc(OCC5(CN(C)C)CC5)nc4c3)c12. The highest BCUT2D eigenvalue weighted by Crippen LogP contribution is 2.46. The van der Waals surface area contributed by atoms with Crippen LogP contribution >= 0.6 is 0 Å². The molecule has 4 heterocycles. The smallest absolute Gasteiger partial charge is 0.319 e. The number of pyridine rings is 1. The van der Waals surface area contributed by atoms with Crippen molar-refractivity contribution in [3.05, 3.63) is 47.9 Å². The zero-order chi connectivity index (χ0) is 28.3. The van der Waals surface area contributed by atoms with Gasteiger partial charge >= 0.3 is 6.01 Å². The van der Waals surface area contributed by atoms with Gasteiger partial charge < -0.3 is 25.0 Å². The van der Waals surface area contributed by atoms with Crippen molar-refractivity contribution in [2.45, 2.75) is 37.8 Å². The Morgan fingerprint density at radius 1 is 1.17 bits per heavy atom. The summed E-state index contributed by atoms with van der Waals surface area (Å²) in [5.41, 5.74) is 2.85. The molecule has 1 saturated carbocycles. The molecule has 9 heteroatoms. The quantitative estimate of drug-likeness (QED) is 0.328. The Morgan fingerprint density at radius 2 is 1.95 bits per heavy atom. The molecule has 2 bridgehead atoms. The normalized spacial score (nSPS) is 21.0. The maximum atomic E-state index is 14.7. The first-order chi connectivity index (χ1) is 19.8. The molecule has 2 unspecified atom stereocenters. The molecule has 2 aromatic carbocycles. The highest BCUT2D eigenvalue weighted by molar-refractivity contribution is 6.03. The van der Waals surface area contributed by atoms with Gasteiger partial charge in [0.25, 0.3) is 0 Å². The van der Waals surface area contributed by atoms with Gasteiger partial charge in [0.1, 0.15) is 17.1 Å². The van der Waals surface area contributed by atoms with Crippen LogP contribution in [0.15, 0.2) is 36.5 Å². The van der Waals surface area contributed by atoms with E-state index >= 15 is 0 Å². The number of hydrogen-bond acceptors (Lipinski definition) is 8. The Hall–Kier alpha value is -4.00. The van der Waals surface area contributed by atoms with E-state index in [1.807, 2.05) is 6.07 Å². The number of nitrogens with zero attached hydrogens (tertiary/aromatic N) is 5. The van der Waals surface area contributed by atoms with E-state index in [0.29, 0.717) is 57.6 Å². The van der Waals surface area contributed by atoms with Crippen LogP contribution in [0.1, 0.15) is 31.2 Å². The molecule has 2 N–H and O–H groups in total. The van der Waals surface area contributed by atoms with Crippen molar-refractivity contribution < 1.29 is 14.2 Å². The monoisotopic (exact) mass is 552 g/mol. The molecule has 0 amide bonds. The lowest BCUT2D eigenvalue weighted by molar-refractivity contribution is 0.183. The summed E-state index contributed by atoms with van der Waals surface area (Å²) in [6, 6.07) is 9.21. The largest absolute Gasteiger partial charge is 0.508 e. The molecule has 210 valence electrons. The van der Waals surface area contributed by atoms with Crippen LogP contribution in [-0.2, 0) is 0 Å². The summed E-state index contributed by atoms with van der Waals surface area (Å²) in [5, 5.41) is 15.4. The molecule has 41 heavy (non-hydrogen) atoms. The number of phenols is 1. The molecule has 3 aliphatic rings. The van der Waals surface area contributed by atoms with Crippen molar-refractivity contribution in [2.75, 3.05) is 45.2 Å². The molecule has 1 aliphatic carbocycles. The number of ether oxygens (including phenoxy) is 1. The number of phenolic OH excluding ortho intramolecular Hbond substituents is 1. The number of aromatic nitrogens is 3. The average Bonchev–Trinajstić information content (AvgIpc) is 3.63. The van der Waals surface area contributed by atoms with Crippen molar-refractivity contribution in [3.63, 3.8) is 0 Å². The van der Waals surface area contributed by atoms with Gasteiger partial charge in [0, 0.05) is 54.3 Å². The molecule has 3 fully saturated rings. The molecule has 2 atom stereocenters. The van der Waals surface area contributed by atoms with Crippen molar-refractivity contribution in [1.82, 2.24) is 25.2 Å². The first-order valence-corrected chi connectivity index (χ1v) is 14.2. The average molecular weight is 553 g/mol. The summed E-state index contributed by atoms with van der Waals surface area (Å²) >= 11 is 0. The van der Waals surface area contributed by atoms with E-state index in [1.54, 1.807) is 24.4 Å². The summed E-state index contributed by atoms with van der Waals surface area (Å²) < 4.78 is 21.0. The number of fused-ring (bicyclic) bond motifs is 4. The minimum absolute atomic E-state index is 0.0569. The summed E-state index contributed by atoms with van der Waals surface area (Å²) in [6.07, 6.45) is 12.0. The van der Waals surface area contributed by atoms with Crippen LogP contribution in [0.2, 0.25) is 0 Å². The molecule has 4 aromatic rings. The standard InChI is InChI=1S/C32H33FN6O2/c1-4-24-26(33)8-5-19-11-23(40)13-25(28(19)24)20-12-27-29(34-14-20)30(39-15-21-6-7-22(16-39)35-21)37-31(36-27)41-18-32(9-10-32)17-38(2)3/h1,5,8,11-14,21-22,35,40H,6-7,9-10,15-18H2,2-3H3. The van der Waals surface area contributed by atoms with E-state index in [2.05, 4.69) is 35.1 Å². The number of benzene rings is 2. The Morgan fingerprint density at radius 3 is 2.66 bits per heavy atom. The fraction of sp³-hybridized carbons (Fsp3) is 0.406. The van der Waals surface area contributed by atoms with Gasteiger partial charge in [-0.15, -0.1) is 6.42 Å². The number of halogens is 1. The summed E-state index contributed by atoms with van der Waals surface area (Å²) in [6.45, 7) is 3.20. The van der Waals surface area contributed by atoms with Crippen LogP contribution in [0, 0.1) is 23.6 Å². The molecule has 7 rings (SSSR count). The number of aromatic hydroxyl groups is 1. The molecule has 2 saturated heterocycles. The number of nitrogens with one attached hydrogen (secondary N) is 1. The van der Waals surface area contributed by atoms with E-state index in [1.165, 1.54) is 6.07 Å². The van der Waals surface area contributed by atoms with Gasteiger partial charge in [-0.1, -0.05) is 12.0 Å². The molecular weight excluding hydrogens is 519 g/mol. The summed E-state index contributed by atoms with van der Waals surface area (Å²) in [5.74, 6) is 2.83. The first-order valence-electron chi connectivity index (χ1n) is 14.2.